The topological polar surface area (TPSA) is 88.0 Å². The highest BCUT2D eigenvalue weighted by molar-refractivity contribution is 6.32. The average Bonchev–Trinajstić information content (AvgIpc) is 3.09. The summed E-state index contributed by atoms with van der Waals surface area (Å²) in [6, 6.07) is 8.66. The lowest BCUT2D eigenvalue weighted by molar-refractivity contribution is -0.140. The number of rotatable bonds is 9. The highest BCUT2D eigenvalue weighted by Gasteiger charge is 2.26. The number of aliphatic carboxylic acids is 1. The Bertz CT molecular complexity index is 886. The lowest BCUT2D eigenvalue weighted by Gasteiger charge is -2.20. The van der Waals surface area contributed by atoms with E-state index < -0.39 is 18.6 Å². The Morgan fingerprint density at radius 1 is 1.34 bits per heavy atom. The van der Waals surface area contributed by atoms with Crippen LogP contribution in [0.4, 0.5) is 0 Å². The molecule has 7 heteroatoms. The van der Waals surface area contributed by atoms with Crippen LogP contribution in [0.3, 0.4) is 0 Å². The van der Waals surface area contributed by atoms with Crippen molar-refractivity contribution in [2.75, 3.05) is 13.2 Å². The van der Waals surface area contributed by atoms with E-state index in [9.17, 15) is 9.90 Å². The van der Waals surface area contributed by atoms with Gasteiger partial charge in [0, 0.05) is 18.2 Å². The third kappa shape index (κ3) is 4.83. The van der Waals surface area contributed by atoms with Crippen molar-refractivity contribution in [2.45, 2.75) is 45.4 Å². The molecule has 0 saturated carbocycles. The Hall–Kier alpha value is -2.28. The summed E-state index contributed by atoms with van der Waals surface area (Å²) >= 11 is 6.48. The molecule has 2 aromatic carbocycles. The molecule has 0 aromatic heterocycles. The predicted octanol–water partition coefficient (Wildman–Crippen LogP) is 3.65. The number of fused-ring (bicyclic) bond motifs is 1. The summed E-state index contributed by atoms with van der Waals surface area (Å²) in [5.41, 5.74) is 4.50. The number of aliphatic hydroxyl groups excluding tert-OH is 1. The maximum atomic E-state index is 11.1. The summed E-state index contributed by atoms with van der Waals surface area (Å²) in [6.07, 6.45) is 1.80. The zero-order chi connectivity index (χ0) is 21.0. The number of hydrogen-bond acceptors (Lipinski definition) is 5. The van der Waals surface area contributed by atoms with Crippen molar-refractivity contribution in [1.82, 2.24) is 5.32 Å². The van der Waals surface area contributed by atoms with E-state index in [1.165, 1.54) is 16.7 Å². The van der Waals surface area contributed by atoms with Crippen LogP contribution in [0.5, 0.6) is 11.5 Å². The van der Waals surface area contributed by atoms with E-state index >= 15 is 0 Å². The Labute approximate surface area is 175 Å². The zero-order valence-corrected chi connectivity index (χ0v) is 17.3. The molecule has 0 spiro atoms. The van der Waals surface area contributed by atoms with E-state index in [2.05, 4.69) is 24.4 Å². The average molecular weight is 420 g/mol. The zero-order valence-electron chi connectivity index (χ0n) is 16.6. The predicted molar refractivity (Wildman–Crippen MR) is 111 cm³/mol. The quantitative estimate of drug-likeness (QED) is 0.575. The van der Waals surface area contributed by atoms with Crippen LogP contribution in [0, 0.1) is 6.92 Å². The molecule has 29 heavy (non-hydrogen) atoms. The normalized spacial score (nSPS) is 16.3. The van der Waals surface area contributed by atoms with Crippen molar-refractivity contribution < 1.29 is 24.5 Å². The van der Waals surface area contributed by atoms with Crippen LogP contribution in [0.25, 0.3) is 0 Å². The monoisotopic (exact) mass is 419 g/mol. The molecule has 0 fully saturated rings. The molecule has 1 aliphatic rings. The van der Waals surface area contributed by atoms with Crippen LogP contribution in [-0.4, -0.2) is 35.4 Å². The molecule has 3 rings (SSSR count). The van der Waals surface area contributed by atoms with Gasteiger partial charge in [0.15, 0.2) is 0 Å². The Morgan fingerprint density at radius 2 is 2.14 bits per heavy atom. The molecule has 0 unspecified atom stereocenters. The molecule has 0 aliphatic heterocycles. The first-order valence-electron chi connectivity index (χ1n) is 9.71. The molecular formula is C22H26ClNO5. The van der Waals surface area contributed by atoms with Gasteiger partial charge in [0.05, 0.1) is 18.2 Å². The maximum Gasteiger partial charge on any atom is 0.323 e. The molecular weight excluding hydrogens is 394 g/mol. The van der Waals surface area contributed by atoms with E-state index in [-0.39, 0.29) is 12.6 Å². The Morgan fingerprint density at radius 3 is 2.83 bits per heavy atom. The molecule has 6 nitrogen and oxygen atoms in total. The highest BCUT2D eigenvalue weighted by atomic mass is 35.5. The van der Waals surface area contributed by atoms with Gasteiger partial charge in [0.25, 0.3) is 0 Å². The Kier molecular flexibility index (Phi) is 7.00. The van der Waals surface area contributed by atoms with Gasteiger partial charge in [-0.3, -0.25) is 10.1 Å². The van der Waals surface area contributed by atoms with Crippen LogP contribution in [0.15, 0.2) is 30.3 Å². The molecule has 0 amide bonds. The molecule has 2 atom stereocenters. The SMILES string of the molecule is CCOc1cc(O[C@H]2CCc3c(C)cccc32)c(Cl)cc1CN[C@@H](CO)C(=O)O. The first kappa shape index (κ1) is 21.4. The molecule has 156 valence electrons. The first-order chi connectivity index (χ1) is 13.9. The smallest absolute Gasteiger partial charge is 0.323 e. The summed E-state index contributed by atoms with van der Waals surface area (Å²) in [6.45, 7) is 4.12. The molecule has 0 bridgehead atoms. The Balaban J connectivity index is 1.81. The van der Waals surface area contributed by atoms with Gasteiger partial charge in [-0.1, -0.05) is 29.8 Å². The van der Waals surface area contributed by atoms with E-state index in [0.717, 1.165) is 12.8 Å². The number of hydrogen-bond donors (Lipinski definition) is 3. The number of ether oxygens (including phenoxy) is 2. The van der Waals surface area contributed by atoms with Gasteiger partial charge in [-0.25, -0.2) is 0 Å². The second-order valence-corrected chi connectivity index (χ2v) is 7.47. The number of carboxylic acids is 1. The summed E-state index contributed by atoms with van der Waals surface area (Å²) in [4.78, 5) is 11.1. The second kappa shape index (κ2) is 9.48. The minimum atomic E-state index is -1.12. The van der Waals surface area contributed by atoms with Crippen LogP contribution >= 0.6 is 11.6 Å². The molecule has 1 aliphatic carbocycles. The summed E-state index contributed by atoms with van der Waals surface area (Å²) < 4.78 is 12.0. The van der Waals surface area contributed by atoms with Crippen LogP contribution < -0.4 is 14.8 Å². The van der Waals surface area contributed by atoms with Gasteiger partial charge in [-0.05, 0) is 49.4 Å². The highest BCUT2D eigenvalue weighted by Crippen LogP contribution is 2.40. The molecule has 2 aromatic rings. The first-order valence-corrected chi connectivity index (χ1v) is 10.1. The summed E-state index contributed by atoms with van der Waals surface area (Å²) in [5, 5.41) is 21.5. The van der Waals surface area contributed by atoms with Crippen molar-refractivity contribution in [3.05, 3.63) is 57.6 Å². The van der Waals surface area contributed by atoms with Crippen LogP contribution in [0.2, 0.25) is 5.02 Å². The van der Waals surface area contributed by atoms with Crippen LogP contribution in [-0.2, 0) is 17.8 Å². The molecule has 0 heterocycles. The van der Waals surface area contributed by atoms with E-state index in [1.807, 2.05) is 13.0 Å². The standard InChI is InChI=1S/C22H26ClNO5/c1-3-28-20-10-21(17(23)9-14(20)11-24-18(12-25)22(26)27)29-19-8-7-15-13(2)5-4-6-16(15)19/h4-6,9-10,18-19,24-25H,3,7-8,11-12H2,1-2H3,(H,26,27)/t18-,19-/m0/s1. The minimum absolute atomic E-state index is 0.0633. The van der Waals surface area contributed by atoms with Crippen molar-refractivity contribution in [3.63, 3.8) is 0 Å². The lowest BCUT2D eigenvalue weighted by atomic mass is 10.0. The minimum Gasteiger partial charge on any atom is -0.493 e. The molecule has 0 radical (unpaired) electrons. The van der Waals surface area contributed by atoms with Crippen molar-refractivity contribution in [1.29, 1.82) is 0 Å². The molecule has 3 N–H and O–H groups in total. The fraction of sp³-hybridized carbons (Fsp3) is 0.409. The second-order valence-electron chi connectivity index (χ2n) is 7.07. The van der Waals surface area contributed by atoms with Gasteiger partial charge < -0.3 is 19.7 Å². The van der Waals surface area contributed by atoms with E-state index in [1.54, 1.807) is 12.1 Å². The van der Waals surface area contributed by atoms with Gasteiger partial charge in [0.1, 0.15) is 23.6 Å². The van der Waals surface area contributed by atoms with Gasteiger partial charge in [-0.15, -0.1) is 0 Å². The third-order valence-electron chi connectivity index (χ3n) is 5.15. The number of aliphatic hydroxyl groups is 1. The number of benzene rings is 2. The number of carboxylic acid groups (broad SMARTS) is 1. The lowest BCUT2D eigenvalue weighted by Crippen LogP contribution is -2.39. The summed E-state index contributed by atoms with van der Waals surface area (Å²) in [5.74, 6) is -0.00851. The van der Waals surface area contributed by atoms with E-state index in [4.69, 9.17) is 26.2 Å². The molecule has 0 saturated heterocycles. The maximum absolute atomic E-state index is 11.1. The number of nitrogens with one attached hydrogen (secondary N) is 1. The fourth-order valence-corrected chi connectivity index (χ4v) is 3.86. The number of halogens is 1. The van der Waals surface area contributed by atoms with Crippen molar-refractivity contribution in [2.24, 2.45) is 0 Å². The van der Waals surface area contributed by atoms with Gasteiger partial charge in [0.2, 0.25) is 0 Å². The van der Waals surface area contributed by atoms with Crippen molar-refractivity contribution >= 4 is 17.6 Å². The number of aryl methyl sites for hydroxylation is 1. The van der Waals surface area contributed by atoms with E-state index in [0.29, 0.717) is 28.7 Å². The fourth-order valence-electron chi connectivity index (χ4n) is 3.63. The third-order valence-corrected chi connectivity index (χ3v) is 5.45. The van der Waals surface area contributed by atoms with Crippen LogP contribution in [0.1, 0.15) is 41.7 Å². The summed E-state index contributed by atoms with van der Waals surface area (Å²) in [7, 11) is 0. The van der Waals surface area contributed by atoms with Gasteiger partial charge in [-0.2, -0.15) is 0 Å². The number of carbonyl (C=O) groups is 1. The van der Waals surface area contributed by atoms with Gasteiger partial charge >= 0.3 is 5.97 Å². The largest absolute Gasteiger partial charge is 0.493 e. The van der Waals surface area contributed by atoms with Crippen molar-refractivity contribution in [3.8, 4) is 11.5 Å².